The van der Waals surface area contributed by atoms with Crippen molar-refractivity contribution in [2.75, 3.05) is 10.7 Å². The summed E-state index contributed by atoms with van der Waals surface area (Å²) < 4.78 is 24.1. The number of hydrogen-bond donors (Lipinski definition) is 0. The summed E-state index contributed by atoms with van der Waals surface area (Å²) >= 11 is 6.62. The molecule has 0 radical (unpaired) electrons. The van der Waals surface area contributed by atoms with Gasteiger partial charge in [-0.3, -0.25) is 4.57 Å². The molecule has 0 saturated heterocycles. The van der Waals surface area contributed by atoms with Crippen molar-refractivity contribution in [3.05, 3.63) is 30.3 Å². The van der Waals surface area contributed by atoms with Gasteiger partial charge in [-0.2, -0.15) is 0 Å². The molecule has 0 amide bonds. The van der Waals surface area contributed by atoms with Crippen molar-refractivity contribution in [2.45, 2.75) is 26.1 Å². The molecule has 0 aromatic heterocycles. The van der Waals surface area contributed by atoms with Gasteiger partial charge in [-0.25, -0.2) is 0 Å². The molecule has 18 heavy (non-hydrogen) atoms. The van der Waals surface area contributed by atoms with Crippen molar-refractivity contribution in [1.82, 2.24) is 0 Å². The van der Waals surface area contributed by atoms with Gasteiger partial charge in [0.2, 0.25) is 0 Å². The average molecular weight is 400 g/mol. The highest BCUT2D eigenvalue weighted by atomic mass is 79.9. The Morgan fingerprint density at radius 3 is 1.89 bits per heavy atom. The van der Waals surface area contributed by atoms with Crippen LogP contribution in [0.5, 0.6) is 0 Å². The summed E-state index contributed by atoms with van der Waals surface area (Å²) in [7, 11) is -3.28. The second-order valence-corrected chi connectivity index (χ2v) is 7.20. The minimum Gasteiger partial charge on any atom is -0.301 e. The van der Waals surface area contributed by atoms with Gasteiger partial charge in [0.05, 0.1) is 17.5 Å². The molecule has 3 nitrogen and oxygen atoms in total. The molecule has 0 bridgehead atoms. The average Bonchev–Trinajstić information content (AvgIpc) is 2.39. The van der Waals surface area contributed by atoms with Gasteiger partial charge in [-0.05, 0) is 26.0 Å². The highest BCUT2D eigenvalue weighted by molar-refractivity contribution is 9.09. The molecule has 0 aliphatic carbocycles. The first-order valence-corrected chi connectivity index (χ1v) is 9.44. The van der Waals surface area contributed by atoms with Crippen LogP contribution in [0.1, 0.15) is 13.8 Å². The Bertz CT molecular complexity index is 384. The highest BCUT2D eigenvalue weighted by Gasteiger charge is 2.31. The van der Waals surface area contributed by atoms with Crippen LogP contribution in [0.4, 0.5) is 0 Å². The first-order valence-electron chi connectivity index (χ1n) is 5.66. The fourth-order valence-electron chi connectivity index (χ4n) is 1.29. The standard InChI is InChI=1S/C12H17Br2O3P/c1-10(8-13)16-18(15,17-11(2)9-14)12-6-4-3-5-7-12/h3-7,10-11H,8-9H2,1-2H3. The van der Waals surface area contributed by atoms with Crippen LogP contribution in [0, 0.1) is 0 Å². The lowest BCUT2D eigenvalue weighted by atomic mass is 10.4. The maximum absolute atomic E-state index is 12.9. The lowest BCUT2D eigenvalue weighted by Gasteiger charge is -2.24. The molecule has 0 saturated carbocycles. The summed E-state index contributed by atoms with van der Waals surface area (Å²) in [6, 6.07) is 9.06. The monoisotopic (exact) mass is 398 g/mol. The van der Waals surface area contributed by atoms with Crippen LogP contribution in [-0.4, -0.2) is 22.9 Å². The zero-order valence-electron chi connectivity index (χ0n) is 10.4. The Balaban J connectivity index is 2.98. The van der Waals surface area contributed by atoms with Gasteiger partial charge >= 0.3 is 7.60 Å². The normalized spacial score (nSPS) is 18.0. The third-order valence-corrected chi connectivity index (χ3v) is 6.17. The molecular weight excluding hydrogens is 383 g/mol. The smallest absolute Gasteiger partial charge is 0.301 e. The molecule has 6 heteroatoms. The molecule has 102 valence electrons. The van der Waals surface area contributed by atoms with Crippen molar-refractivity contribution in [3.63, 3.8) is 0 Å². The molecular formula is C12H17Br2O3P. The molecule has 1 aromatic rings. The predicted molar refractivity (Wildman–Crippen MR) is 82.4 cm³/mol. The molecule has 0 spiro atoms. The Labute approximate surface area is 125 Å². The predicted octanol–water partition coefficient (Wildman–Crippen LogP) is 4.11. The molecule has 2 unspecified atom stereocenters. The van der Waals surface area contributed by atoms with E-state index in [1.54, 1.807) is 12.1 Å². The van der Waals surface area contributed by atoms with E-state index in [9.17, 15) is 4.57 Å². The molecule has 0 N–H and O–H groups in total. The zero-order valence-corrected chi connectivity index (χ0v) is 14.4. The third kappa shape index (κ3) is 4.78. The third-order valence-electron chi connectivity index (χ3n) is 2.14. The molecule has 2 atom stereocenters. The van der Waals surface area contributed by atoms with Crippen LogP contribution in [0.25, 0.3) is 0 Å². The van der Waals surface area contributed by atoms with E-state index in [0.29, 0.717) is 16.0 Å². The van der Waals surface area contributed by atoms with E-state index >= 15 is 0 Å². The van der Waals surface area contributed by atoms with Gasteiger partial charge in [0, 0.05) is 10.7 Å². The van der Waals surface area contributed by atoms with Crippen LogP contribution in [0.2, 0.25) is 0 Å². The second kappa shape index (κ2) is 7.81. The van der Waals surface area contributed by atoms with Gasteiger partial charge in [-0.15, -0.1) is 0 Å². The zero-order chi connectivity index (χ0) is 13.6. The molecule has 0 aliphatic heterocycles. The van der Waals surface area contributed by atoms with Crippen molar-refractivity contribution in [1.29, 1.82) is 0 Å². The van der Waals surface area contributed by atoms with E-state index < -0.39 is 7.60 Å². The maximum atomic E-state index is 12.9. The van der Waals surface area contributed by atoms with Crippen LogP contribution in [0.3, 0.4) is 0 Å². The number of halogens is 2. The lowest BCUT2D eigenvalue weighted by Crippen LogP contribution is -2.20. The molecule has 1 aromatic carbocycles. The van der Waals surface area contributed by atoms with Crippen molar-refractivity contribution >= 4 is 44.8 Å². The van der Waals surface area contributed by atoms with Gasteiger partial charge in [0.25, 0.3) is 0 Å². The minimum absolute atomic E-state index is 0.182. The number of rotatable bonds is 7. The maximum Gasteiger partial charge on any atom is 0.361 e. The van der Waals surface area contributed by atoms with Gasteiger partial charge in [0.1, 0.15) is 0 Å². The SMILES string of the molecule is CC(CBr)OP(=O)(OC(C)CBr)c1ccccc1. The molecule has 1 rings (SSSR count). The Morgan fingerprint density at radius 2 is 1.50 bits per heavy atom. The van der Waals surface area contributed by atoms with Crippen LogP contribution >= 0.6 is 39.5 Å². The van der Waals surface area contributed by atoms with Crippen molar-refractivity contribution < 1.29 is 13.6 Å². The quantitative estimate of drug-likeness (QED) is 0.511. The highest BCUT2D eigenvalue weighted by Crippen LogP contribution is 2.49. The number of benzene rings is 1. The van der Waals surface area contributed by atoms with Crippen LogP contribution in [-0.2, 0) is 13.6 Å². The molecule has 0 fully saturated rings. The van der Waals surface area contributed by atoms with E-state index in [1.807, 2.05) is 32.0 Å². The fourth-order valence-corrected chi connectivity index (χ4v) is 3.89. The Hall–Kier alpha value is 0.330. The van der Waals surface area contributed by atoms with E-state index in [2.05, 4.69) is 31.9 Å². The summed E-state index contributed by atoms with van der Waals surface area (Å²) in [5.41, 5.74) is 0. The minimum atomic E-state index is -3.28. The van der Waals surface area contributed by atoms with Crippen molar-refractivity contribution in [3.8, 4) is 0 Å². The topological polar surface area (TPSA) is 35.5 Å². The molecule has 0 heterocycles. The summed E-state index contributed by atoms with van der Waals surface area (Å²) in [5.74, 6) is 0. The summed E-state index contributed by atoms with van der Waals surface area (Å²) in [4.78, 5) is 0. The summed E-state index contributed by atoms with van der Waals surface area (Å²) in [5, 5.41) is 1.80. The van der Waals surface area contributed by atoms with E-state index in [1.165, 1.54) is 0 Å². The lowest BCUT2D eigenvalue weighted by molar-refractivity contribution is 0.154. The fraction of sp³-hybridized carbons (Fsp3) is 0.500. The van der Waals surface area contributed by atoms with E-state index in [0.717, 1.165) is 0 Å². The van der Waals surface area contributed by atoms with Crippen LogP contribution < -0.4 is 5.30 Å². The number of alkyl halides is 2. The van der Waals surface area contributed by atoms with E-state index in [4.69, 9.17) is 9.05 Å². The largest absolute Gasteiger partial charge is 0.361 e. The van der Waals surface area contributed by atoms with Gasteiger partial charge in [-0.1, -0.05) is 50.1 Å². The summed E-state index contributed by atoms with van der Waals surface area (Å²) in [6.07, 6.45) is -0.364. The second-order valence-electron chi connectivity index (χ2n) is 3.97. The van der Waals surface area contributed by atoms with Crippen LogP contribution in [0.15, 0.2) is 30.3 Å². The van der Waals surface area contributed by atoms with Gasteiger partial charge < -0.3 is 9.05 Å². The first-order chi connectivity index (χ1) is 8.51. The first kappa shape index (κ1) is 16.4. The Kier molecular flexibility index (Phi) is 7.11. The Morgan fingerprint density at radius 1 is 1.06 bits per heavy atom. The molecule has 0 aliphatic rings. The van der Waals surface area contributed by atoms with Gasteiger partial charge in [0.15, 0.2) is 0 Å². The van der Waals surface area contributed by atoms with E-state index in [-0.39, 0.29) is 12.2 Å². The number of hydrogen-bond acceptors (Lipinski definition) is 3. The summed E-state index contributed by atoms with van der Waals surface area (Å²) in [6.45, 7) is 3.71. The van der Waals surface area contributed by atoms with Crippen molar-refractivity contribution in [2.24, 2.45) is 0 Å².